The zero-order chi connectivity index (χ0) is 8.85. The first-order chi connectivity index (χ1) is 5.09. The molecule has 0 aliphatic carbocycles. The van der Waals surface area contributed by atoms with Crippen LogP contribution in [-0.2, 0) is 9.59 Å². The maximum atomic E-state index is 10.5. The molecule has 0 aliphatic heterocycles. The summed E-state index contributed by atoms with van der Waals surface area (Å²) in [4.78, 5) is 21.1. The minimum atomic E-state index is -0.822. The summed E-state index contributed by atoms with van der Waals surface area (Å²) in [6, 6.07) is 0. The topological polar surface area (TPSA) is 86.2 Å². The third-order valence-corrected chi connectivity index (χ3v) is 1.43. The van der Waals surface area contributed by atoms with E-state index in [1.165, 1.54) is 0 Å². The maximum absolute atomic E-state index is 10.5. The van der Waals surface area contributed by atoms with Crippen LogP contribution < -0.4 is 11.5 Å². The Hall–Kier alpha value is -1.06. The zero-order valence-corrected chi connectivity index (χ0v) is 6.38. The van der Waals surface area contributed by atoms with E-state index in [9.17, 15) is 9.59 Å². The van der Waals surface area contributed by atoms with Crippen molar-refractivity contribution in [1.82, 2.24) is 0 Å². The molecule has 2 amide bonds. The van der Waals surface area contributed by atoms with E-state index in [1.807, 2.05) is 0 Å². The van der Waals surface area contributed by atoms with Crippen molar-refractivity contribution < 1.29 is 9.59 Å². The van der Waals surface area contributed by atoms with E-state index in [2.05, 4.69) is 6.92 Å². The lowest BCUT2D eigenvalue weighted by Gasteiger charge is -2.06. The van der Waals surface area contributed by atoms with Gasteiger partial charge in [-0.15, -0.1) is 0 Å². The van der Waals surface area contributed by atoms with Crippen molar-refractivity contribution in [3.8, 4) is 0 Å². The van der Waals surface area contributed by atoms with Crippen LogP contribution in [0.5, 0.6) is 0 Å². The van der Waals surface area contributed by atoms with E-state index in [-0.39, 0.29) is 0 Å². The average Bonchev–Trinajstić information content (AvgIpc) is 1.87. The third kappa shape index (κ3) is 3.60. The molecular weight excluding hydrogens is 144 g/mol. The monoisotopic (exact) mass is 157 g/mol. The number of amides is 2. The van der Waals surface area contributed by atoms with E-state index < -0.39 is 17.7 Å². The number of primary amides is 2. The molecule has 0 rings (SSSR count). The second-order valence-corrected chi connectivity index (χ2v) is 2.35. The molecule has 4 heteroatoms. The zero-order valence-electron chi connectivity index (χ0n) is 6.38. The minimum absolute atomic E-state index is 0.411. The van der Waals surface area contributed by atoms with Gasteiger partial charge in [0.05, 0.1) is 0 Å². The molecule has 4 nitrogen and oxygen atoms in total. The van der Waals surface area contributed by atoms with Gasteiger partial charge in [0.25, 0.3) is 0 Å². The van der Waals surface area contributed by atoms with Gasteiger partial charge < -0.3 is 11.5 Å². The van der Waals surface area contributed by atoms with Crippen LogP contribution in [0, 0.1) is 12.8 Å². The fraction of sp³-hybridized carbons (Fsp3) is 0.571. The highest BCUT2D eigenvalue weighted by atomic mass is 16.2. The molecule has 0 saturated heterocycles. The number of hydrogen-bond acceptors (Lipinski definition) is 2. The van der Waals surface area contributed by atoms with Gasteiger partial charge in [0, 0.05) is 0 Å². The number of carbonyl (C=O) groups excluding carboxylic acids is 2. The lowest BCUT2D eigenvalue weighted by atomic mass is 10.0. The third-order valence-electron chi connectivity index (χ3n) is 1.43. The van der Waals surface area contributed by atoms with Crippen LogP contribution in [-0.4, -0.2) is 11.8 Å². The second-order valence-electron chi connectivity index (χ2n) is 2.35. The molecule has 0 saturated carbocycles. The first kappa shape index (κ1) is 9.94. The van der Waals surface area contributed by atoms with Crippen LogP contribution in [0.4, 0.5) is 0 Å². The maximum Gasteiger partial charge on any atom is 0.229 e. The molecule has 0 bridgehead atoms. The Morgan fingerprint density at radius 1 is 1.27 bits per heavy atom. The molecule has 0 aromatic carbocycles. The second kappa shape index (κ2) is 4.71. The fourth-order valence-corrected chi connectivity index (χ4v) is 0.773. The molecule has 0 aromatic rings. The molecule has 0 aliphatic rings. The van der Waals surface area contributed by atoms with Crippen LogP contribution in [0.3, 0.4) is 0 Å². The average molecular weight is 157 g/mol. The Bertz CT molecular complexity index is 143. The Morgan fingerprint density at radius 2 is 1.73 bits per heavy atom. The Morgan fingerprint density at radius 3 is 2.00 bits per heavy atom. The SMILES string of the molecule is [CH2]CCCC(C(N)=O)C(N)=O. The molecule has 63 valence electrons. The summed E-state index contributed by atoms with van der Waals surface area (Å²) in [5, 5.41) is 0. The number of hydrogen-bond donors (Lipinski definition) is 2. The van der Waals surface area contributed by atoms with Crippen molar-refractivity contribution >= 4 is 11.8 Å². The van der Waals surface area contributed by atoms with Crippen molar-refractivity contribution in [3.05, 3.63) is 6.92 Å². The van der Waals surface area contributed by atoms with Crippen molar-refractivity contribution in [2.45, 2.75) is 19.3 Å². The van der Waals surface area contributed by atoms with Crippen LogP contribution >= 0.6 is 0 Å². The van der Waals surface area contributed by atoms with Crippen LogP contribution in [0.2, 0.25) is 0 Å². The highest BCUT2D eigenvalue weighted by Gasteiger charge is 2.20. The molecule has 1 radical (unpaired) electrons. The van der Waals surface area contributed by atoms with Gasteiger partial charge in [0.1, 0.15) is 5.92 Å². The van der Waals surface area contributed by atoms with Gasteiger partial charge in [-0.1, -0.05) is 19.8 Å². The predicted molar refractivity (Wildman–Crippen MR) is 41.1 cm³/mol. The van der Waals surface area contributed by atoms with E-state index in [1.54, 1.807) is 0 Å². The first-order valence-electron chi connectivity index (χ1n) is 3.47. The molecule has 0 aromatic heterocycles. The van der Waals surface area contributed by atoms with Gasteiger partial charge in [-0.05, 0) is 6.42 Å². The van der Waals surface area contributed by atoms with Gasteiger partial charge in [0.2, 0.25) is 11.8 Å². The van der Waals surface area contributed by atoms with Crippen molar-refractivity contribution in [2.24, 2.45) is 17.4 Å². The number of nitrogens with two attached hydrogens (primary N) is 2. The standard InChI is InChI=1S/C7H13N2O2/c1-2-3-4-5(6(8)10)7(9)11/h5H,1-4H2,(H2,8,10)(H2,9,11). The molecular formula is C7H13N2O2. The van der Waals surface area contributed by atoms with Crippen LogP contribution in [0.1, 0.15) is 19.3 Å². The van der Waals surface area contributed by atoms with Crippen molar-refractivity contribution in [1.29, 1.82) is 0 Å². The lowest BCUT2D eigenvalue weighted by Crippen LogP contribution is -2.34. The van der Waals surface area contributed by atoms with Gasteiger partial charge in [-0.25, -0.2) is 0 Å². The fourth-order valence-electron chi connectivity index (χ4n) is 0.773. The predicted octanol–water partition coefficient (Wildman–Crippen LogP) is -0.422. The summed E-state index contributed by atoms with van der Waals surface area (Å²) in [6.45, 7) is 3.57. The normalized spacial score (nSPS) is 10.0. The molecule has 4 N–H and O–H groups in total. The smallest absolute Gasteiger partial charge is 0.229 e. The van der Waals surface area contributed by atoms with Crippen LogP contribution in [0.25, 0.3) is 0 Å². The molecule has 0 atom stereocenters. The van der Waals surface area contributed by atoms with E-state index in [0.29, 0.717) is 19.3 Å². The minimum Gasteiger partial charge on any atom is -0.369 e. The molecule has 0 heterocycles. The Labute approximate surface area is 65.9 Å². The summed E-state index contributed by atoms with van der Waals surface area (Å²) >= 11 is 0. The van der Waals surface area contributed by atoms with Gasteiger partial charge in [-0.2, -0.15) is 0 Å². The van der Waals surface area contributed by atoms with E-state index in [0.717, 1.165) is 0 Å². The molecule has 11 heavy (non-hydrogen) atoms. The number of carbonyl (C=O) groups is 2. The quantitative estimate of drug-likeness (QED) is 0.531. The highest BCUT2D eigenvalue weighted by Crippen LogP contribution is 2.06. The highest BCUT2D eigenvalue weighted by molar-refractivity contribution is 5.98. The lowest BCUT2D eigenvalue weighted by molar-refractivity contribution is -0.131. The summed E-state index contributed by atoms with van der Waals surface area (Å²) < 4.78 is 0. The molecule has 0 unspecified atom stereocenters. The summed E-state index contributed by atoms with van der Waals surface area (Å²) in [6.07, 6.45) is 1.78. The molecule has 0 spiro atoms. The Balaban J connectivity index is 3.90. The van der Waals surface area contributed by atoms with Crippen molar-refractivity contribution in [3.63, 3.8) is 0 Å². The summed E-state index contributed by atoms with van der Waals surface area (Å²) in [5.41, 5.74) is 9.84. The molecule has 0 fully saturated rings. The van der Waals surface area contributed by atoms with Crippen LogP contribution in [0.15, 0.2) is 0 Å². The van der Waals surface area contributed by atoms with Gasteiger partial charge >= 0.3 is 0 Å². The first-order valence-corrected chi connectivity index (χ1v) is 3.47. The summed E-state index contributed by atoms with van der Waals surface area (Å²) in [7, 11) is 0. The number of rotatable bonds is 5. The Kier molecular flexibility index (Phi) is 4.26. The summed E-state index contributed by atoms with van der Waals surface area (Å²) in [5.74, 6) is -2.12. The van der Waals surface area contributed by atoms with E-state index in [4.69, 9.17) is 11.5 Å². The number of unbranched alkanes of at least 4 members (excludes halogenated alkanes) is 1. The van der Waals surface area contributed by atoms with Crippen molar-refractivity contribution in [2.75, 3.05) is 0 Å². The van der Waals surface area contributed by atoms with Gasteiger partial charge in [-0.3, -0.25) is 9.59 Å². The largest absolute Gasteiger partial charge is 0.369 e. The van der Waals surface area contributed by atoms with Gasteiger partial charge in [0.15, 0.2) is 0 Å². The van der Waals surface area contributed by atoms with E-state index >= 15 is 0 Å².